The Bertz CT molecular complexity index is 445. The van der Waals surface area contributed by atoms with Crippen molar-refractivity contribution in [2.75, 3.05) is 0 Å². The topological polar surface area (TPSA) is 0 Å². The zero-order valence-electron chi connectivity index (χ0n) is 9.33. The Morgan fingerprint density at radius 2 is 2.00 bits per heavy atom. The highest BCUT2D eigenvalue weighted by Crippen LogP contribution is 2.23. The van der Waals surface area contributed by atoms with Crippen LogP contribution in [0.2, 0.25) is 0 Å². The molecular weight excluding hydrogens is 180 g/mol. The zero-order chi connectivity index (χ0) is 10.7. The Morgan fingerprint density at radius 1 is 1.13 bits per heavy atom. The molecule has 0 heterocycles. The van der Waals surface area contributed by atoms with Gasteiger partial charge in [0, 0.05) is 0 Å². The first-order valence-electron chi connectivity index (χ1n) is 5.37. The Balaban J connectivity index is 2.39. The van der Waals surface area contributed by atoms with E-state index < -0.39 is 0 Å². The fourth-order valence-electron chi connectivity index (χ4n) is 1.84. The fourth-order valence-corrected chi connectivity index (χ4v) is 1.84. The molecule has 76 valence electrons. The Hall–Kier alpha value is -1.56. The Kier molecular flexibility index (Phi) is 2.86. The molecule has 0 atom stereocenters. The van der Waals surface area contributed by atoms with E-state index in [-0.39, 0.29) is 0 Å². The second kappa shape index (κ2) is 4.31. The fraction of sp³-hybridized carbons (Fsp3) is 0.200. The van der Waals surface area contributed by atoms with Crippen molar-refractivity contribution in [2.45, 2.75) is 20.3 Å². The molecule has 0 spiro atoms. The van der Waals surface area contributed by atoms with Gasteiger partial charge in [0.05, 0.1) is 0 Å². The quantitative estimate of drug-likeness (QED) is 0.628. The standard InChI is InChI=1S/C15H16/c1-12-6-3-4-8-14(10-12)15-9-5-7-13(2)11-15/h3-7,9-11H,8H2,1-2H3. The van der Waals surface area contributed by atoms with Crippen LogP contribution < -0.4 is 0 Å². The number of rotatable bonds is 1. The van der Waals surface area contributed by atoms with Crippen molar-refractivity contribution in [3.05, 3.63) is 65.3 Å². The molecule has 1 aromatic rings. The van der Waals surface area contributed by atoms with Crippen LogP contribution in [0.15, 0.2) is 54.1 Å². The second-order valence-electron chi connectivity index (χ2n) is 4.08. The van der Waals surface area contributed by atoms with Gasteiger partial charge in [0.25, 0.3) is 0 Å². The van der Waals surface area contributed by atoms with Crippen LogP contribution >= 0.6 is 0 Å². The minimum Gasteiger partial charge on any atom is -0.0801 e. The average molecular weight is 196 g/mol. The highest BCUT2D eigenvalue weighted by atomic mass is 14.1. The van der Waals surface area contributed by atoms with Crippen molar-refractivity contribution in [3.63, 3.8) is 0 Å². The van der Waals surface area contributed by atoms with E-state index in [4.69, 9.17) is 0 Å². The number of hydrogen-bond acceptors (Lipinski definition) is 0. The van der Waals surface area contributed by atoms with Crippen LogP contribution in [0.25, 0.3) is 5.57 Å². The summed E-state index contributed by atoms with van der Waals surface area (Å²) in [5.41, 5.74) is 5.39. The monoisotopic (exact) mass is 196 g/mol. The lowest BCUT2D eigenvalue weighted by molar-refractivity contribution is 1.36. The lowest BCUT2D eigenvalue weighted by atomic mass is 10.00. The summed E-state index contributed by atoms with van der Waals surface area (Å²) in [5, 5.41) is 0. The lowest BCUT2D eigenvalue weighted by Crippen LogP contribution is -1.84. The first-order valence-corrected chi connectivity index (χ1v) is 5.37. The van der Waals surface area contributed by atoms with Gasteiger partial charge >= 0.3 is 0 Å². The normalized spacial score (nSPS) is 15.6. The SMILES string of the molecule is CC1=CC=CCC(c2cccc(C)c2)=C1. The third kappa shape index (κ3) is 2.47. The van der Waals surface area contributed by atoms with Gasteiger partial charge in [-0.05, 0) is 31.4 Å². The summed E-state index contributed by atoms with van der Waals surface area (Å²) < 4.78 is 0. The van der Waals surface area contributed by atoms with Gasteiger partial charge in [-0.2, -0.15) is 0 Å². The van der Waals surface area contributed by atoms with E-state index in [0.717, 1.165) is 6.42 Å². The number of allylic oxidation sites excluding steroid dienone is 6. The van der Waals surface area contributed by atoms with Crippen LogP contribution in [0.3, 0.4) is 0 Å². The smallest absolute Gasteiger partial charge is 0.00883 e. The second-order valence-corrected chi connectivity index (χ2v) is 4.08. The van der Waals surface area contributed by atoms with Crippen molar-refractivity contribution in [1.82, 2.24) is 0 Å². The van der Waals surface area contributed by atoms with Gasteiger partial charge in [0.1, 0.15) is 0 Å². The summed E-state index contributed by atoms with van der Waals surface area (Å²) in [7, 11) is 0. The molecule has 0 aromatic heterocycles. The van der Waals surface area contributed by atoms with Gasteiger partial charge in [0.15, 0.2) is 0 Å². The molecule has 0 heteroatoms. The van der Waals surface area contributed by atoms with Crippen LogP contribution in [0.4, 0.5) is 0 Å². The predicted molar refractivity (Wildman–Crippen MR) is 66.7 cm³/mol. The lowest BCUT2D eigenvalue weighted by Gasteiger charge is -2.05. The van der Waals surface area contributed by atoms with E-state index in [1.807, 2.05) is 0 Å². The Labute approximate surface area is 91.6 Å². The van der Waals surface area contributed by atoms with Gasteiger partial charge in [0.2, 0.25) is 0 Å². The molecule has 0 fully saturated rings. The molecule has 0 saturated carbocycles. The van der Waals surface area contributed by atoms with Crippen LogP contribution in [0, 0.1) is 6.92 Å². The molecule has 1 aromatic carbocycles. The van der Waals surface area contributed by atoms with Gasteiger partial charge < -0.3 is 0 Å². The molecule has 0 saturated heterocycles. The van der Waals surface area contributed by atoms with Crippen molar-refractivity contribution < 1.29 is 0 Å². The van der Waals surface area contributed by atoms with Crippen LogP contribution in [0.1, 0.15) is 24.5 Å². The van der Waals surface area contributed by atoms with Crippen LogP contribution in [-0.2, 0) is 0 Å². The van der Waals surface area contributed by atoms with Crippen molar-refractivity contribution in [2.24, 2.45) is 0 Å². The van der Waals surface area contributed by atoms with E-state index >= 15 is 0 Å². The van der Waals surface area contributed by atoms with Gasteiger partial charge in [-0.3, -0.25) is 0 Å². The molecule has 0 amide bonds. The van der Waals surface area contributed by atoms with E-state index in [9.17, 15) is 0 Å². The predicted octanol–water partition coefficient (Wildman–Crippen LogP) is 4.28. The Morgan fingerprint density at radius 3 is 2.80 bits per heavy atom. The van der Waals surface area contributed by atoms with E-state index in [1.54, 1.807) is 0 Å². The van der Waals surface area contributed by atoms with Crippen LogP contribution in [0.5, 0.6) is 0 Å². The van der Waals surface area contributed by atoms with Crippen molar-refractivity contribution in [3.8, 4) is 0 Å². The molecule has 0 radical (unpaired) electrons. The number of hydrogen-bond donors (Lipinski definition) is 0. The summed E-state index contributed by atoms with van der Waals surface area (Å²) in [5.74, 6) is 0. The summed E-state index contributed by atoms with van der Waals surface area (Å²) >= 11 is 0. The number of aryl methyl sites for hydroxylation is 1. The summed E-state index contributed by atoms with van der Waals surface area (Å²) in [6.07, 6.45) is 9.80. The molecule has 0 nitrogen and oxygen atoms in total. The van der Waals surface area contributed by atoms with Crippen molar-refractivity contribution in [1.29, 1.82) is 0 Å². The maximum atomic E-state index is 2.27. The summed E-state index contributed by atoms with van der Waals surface area (Å²) in [6.45, 7) is 4.28. The minimum absolute atomic E-state index is 1.03. The highest BCUT2D eigenvalue weighted by Gasteiger charge is 2.01. The first-order chi connectivity index (χ1) is 7.25. The molecule has 1 aliphatic rings. The molecular formula is C15H16. The van der Waals surface area contributed by atoms with Gasteiger partial charge in [-0.25, -0.2) is 0 Å². The molecule has 0 aliphatic heterocycles. The summed E-state index contributed by atoms with van der Waals surface area (Å²) in [6, 6.07) is 8.70. The van der Waals surface area contributed by atoms with Crippen molar-refractivity contribution >= 4 is 5.57 Å². The summed E-state index contributed by atoms with van der Waals surface area (Å²) in [4.78, 5) is 0. The largest absolute Gasteiger partial charge is 0.0801 e. The maximum absolute atomic E-state index is 2.27. The molecule has 1 aliphatic carbocycles. The van der Waals surface area contributed by atoms with E-state index in [1.165, 1.54) is 22.3 Å². The van der Waals surface area contributed by atoms with E-state index in [0.29, 0.717) is 0 Å². The van der Waals surface area contributed by atoms with Crippen LogP contribution in [-0.4, -0.2) is 0 Å². The molecule has 0 N–H and O–H groups in total. The number of benzene rings is 1. The molecule has 0 bridgehead atoms. The maximum Gasteiger partial charge on any atom is -0.00883 e. The average Bonchev–Trinajstić information content (AvgIpc) is 2.43. The molecule has 15 heavy (non-hydrogen) atoms. The minimum atomic E-state index is 1.03. The third-order valence-corrected chi connectivity index (χ3v) is 2.62. The first kappa shape index (κ1) is 9.97. The van der Waals surface area contributed by atoms with Gasteiger partial charge in [-0.1, -0.05) is 59.7 Å². The zero-order valence-corrected chi connectivity index (χ0v) is 9.33. The van der Waals surface area contributed by atoms with E-state index in [2.05, 4.69) is 62.4 Å². The highest BCUT2D eigenvalue weighted by molar-refractivity contribution is 5.70. The van der Waals surface area contributed by atoms with Gasteiger partial charge in [-0.15, -0.1) is 0 Å². The third-order valence-electron chi connectivity index (χ3n) is 2.62. The molecule has 2 rings (SSSR count). The molecule has 0 unspecified atom stereocenters.